The van der Waals surface area contributed by atoms with E-state index < -0.39 is 0 Å². The van der Waals surface area contributed by atoms with Crippen molar-refractivity contribution in [2.75, 3.05) is 13.2 Å². The van der Waals surface area contributed by atoms with Gasteiger partial charge in [0.1, 0.15) is 5.75 Å². The first kappa shape index (κ1) is 23.1. The zero-order valence-corrected chi connectivity index (χ0v) is 18.7. The van der Waals surface area contributed by atoms with Crippen LogP contribution in [0.5, 0.6) is 5.75 Å². The second kappa shape index (κ2) is 11.2. The molecule has 1 aliphatic heterocycles. The predicted octanol–water partition coefficient (Wildman–Crippen LogP) is 3.03. The molecule has 0 aromatic heterocycles. The Labute approximate surface area is 184 Å². The third-order valence-electron chi connectivity index (χ3n) is 6.34. The molecule has 2 N–H and O–H groups in total. The zero-order valence-electron chi connectivity index (χ0n) is 18.7. The van der Waals surface area contributed by atoms with Crippen molar-refractivity contribution in [3.8, 4) is 5.75 Å². The standard InChI is InChI=1S/C24H35N3O4/c1-17-7-6-8-18(2)27(17)23(29)16-31-21-13-11-19(12-14-21)24(30)25-15-22(28)26-20-9-4-3-5-10-20/h11-14,17-18,20H,3-10,15-16H2,1-2H3,(H,25,30)(H,26,28). The minimum atomic E-state index is -0.308. The summed E-state index contributed by atoms with van der Waals surface area (Å²) in [5.41, 5.74) is 0.447. The van der Waals surface area contributed by atoms with Crippen LogP contribution in [-0.4, -0.2) is 53.9 Å². The molecule has 2 atom stereocenters. The highest BCUT2D eigenvalue weighted by Crippen LogP contribution is 2.23. The summed E-state index contributed by atoms with van der Waals surface area (Å²) in [5, 5.41) is 5.64. The summed E-state index contributed by atoms with van der Waals surface area (Å²) >= 11 is 0. The summed E-state index contributed by atoms with van der Waals surface area (Å²) in [5.74, 6) is 0.0695. The van der Waals surface area contributed by atoms with Crippen LogP contribution in [0.4, 0.5) is 0 Å². The number of piperidine rings is 1. The molecule has 7 nitrogen and oxygen atoms in total. The Morgan fingerprint density at radius 3 is 2.23 bits per heavy atom. The summed E-state index contributed by atoms with van der Waals surface area (Å²) in [7, 11) is 0. The number of nitrogens with one attached hydrogen (secondary N) is 2. The van der Waals surface area contributed by atoms with Crippen LogP contribution in [0.2, 0.25) is 0 Å². The predicted molar refractivity (Wildman–Crippen MR) is 119 cm³/mol. The number of rotatable bonds is 7. The van der Waals surface area contributed by atoms with Crippen LogP contribution in [0.15, 0.2) is 24.3 Å². The van der Waals surface area contributed by atoms with Crippen molar-refractivity contribution in [1.29, 1.82) is 0 Å². The van der Waals surface area contributed by atoms with E-state index in [1.807, 2.05) is 4.90 Å². The second-order valence-corrected chi connectivity index (χ2v) is 8.83. The molecule has 1 aliphatic carbocycles. The van der Waals surface area contributed by atoms with Crippen LogP contribution < -0.4 is 15.4 Å². The maximum Gasteiger partial charge on any atom is 0.260 e. The molecule has 2 aliphatic rings. The van der Waals surface area contributed by atoms with E-state index in [0.29, 0.717) is 11.3 Å². The van der Waals surface area contributed by atoms with Crippen LogP contribution >= 0.6 is 0 Å². The maximum atomic E-state index is 12.6. The lowest BCUT2D eigenvalue weighted by Crippen LogP contribution is -2.49. The van der Waals surface area contributed by atoms with Crippen molar-refractivity contribution < 1.29 is 19.1 Å². The van der Waals surface area contributed by atoms with Crippen molar-refractivity contribution in [2.24, 2.45) is 0 Å². The summed E-state index contributed by atoms with van der Waals surface area (Å²) in [6.07, 6.45) is 8.75. The molecule has 2 unspecified atom stereocenters. The topological polar surface area (TPSA) is 87.7 Å². The highest BCUT2D eigenvalue weighted by molar-refractivity contribution is 5.96. The number of hydrogen-bond donors (Lipinski definition) is 2. The first-order valence-corrected chi connectivity index (χ1v) is 11.6. The molecule has 1 heterocycles. The van der Waals surface area contributed by atoms with Gasteiger partial charge in [-0.1, -0.05) is 19.3 Å². The average molecular weight is 430 g/mol. The van der Waals surface area contributed by atoms with Crippen molar-refractivity contribution in [2.45, 2.75) is 83.3 Å². The van der Waals surface area contributed by atoms with Gasteiger partial charge in [0.25, 0.3) is 11.8 Å². The largest absolute Gasteiger partial charge is 0.484 e. The molecular weight excluding hydrogens is 394 g/mol. The fourth-order valence-corrected chi connectivity index (χ4v) is 4.62. The highest BCUT2D eigenvalue weighted by atomic mass is 16.5. The average Bonchev–Trinajstić information content (AvgIpc) is 2.77. The van der Waals surface area contributed by atoms with Gasteiger partial charge in [-0.05, 0) is 70.2 Å². The molecule has 1 saturated carbocycles. The molecule has 3 amide bonds. The van der Waals surface area contributed by atoms with E-state index in [1.54, 1.807) is 24.3 Å². The molecule has 0 bridgehead atoms. The molecule has 2 fully saturated rings. The lowest BCUT2D eigenvalue weighted by atomic mass is 9.95. The first-order chi connectivity index (χ1) is 14.9. The van der Waals surface area contributed by atoms with E-state index in [4.69, 9.17) is 4.74 Å². The van der Waals surface area contributed by atoms with Crippen molar-refractivity contribution >= 4 is 17.7 Å². The van der Waals surface area contributed by atoms with Crippen LogP contribution in [0, 0.1) is 0 Å². The van der Waals surface area contributed by atoms with E-state index in [-0.39, 0.29) is 49.0 Å². The molecule has 1 aromatic carbocycles. The third-order valence-corrected chi connectivity index (χ3v) is 6.34. The second-order valence-electron chi connectivity index (χ2n) is 8.83. The highest BCUT2D eigenvalue weighted by Gasteiger charge is 2.29. The van der Waals surface area contributed by atoms with Gasteiger partial charge in [-0.2, -0.15) is 0 Å². The van der Waals surface area contributed by atoms with E-state index in [9.17, 15) is 14.4 Å². The lowest BCUT2D eigenvalue weighted by molar-refractivity contribution is -0.139. The fourth-order valence-electron chi connectivity index (χ4n) is 4.62. The van der Waals surface area contributed by atoms with Gasteiger partial charge in [0.15, 0.2) is 6.61 Å². The number of likely N-dealkylation sites (tertiary alicyclic amines) is 1. The molecule has 0 spiro atoms. The smallest absolute Gasteiger partial charge is 0.260 e. The lowest BCUT2D eigenvalue weighted by Gasteiger charge is -2.38. The minimum Gasteiger partial charge on any atom is -0.484 e. The van der Waals surface area contributed by atoms with Crippen molar-refractivity contribution in [3.63, 3.8) is 0 Å². The van der Waals surface area contributed by atoms with E-state index in [2.05, 4.69) is 24.5 Å². The van der Waals surface area contributed by atoms with Crippen molar-refractivity contribution in [3.05, 3.63) is 29.8 Å². The maximum absolute atomic E-state index is 12.6. The summed E-state index contributed by atoms with van der Waals surface area (Å²) < 4.78 is 5.65. The number of amides is 3. The Kier molecular flexibility index (Phi) is 8.32. The Morgan fingerprint density at radius 2 is 1.58 bits per heavy atom. The van der Waals surface area contributed by atoms with Gasteiger partial charge in [-0.25, -0.2) is 0 Å². The Morgan fingerprint density at radius 1 is 0.935 bits per heavy atom. The number of ether oxygens (including phenoxy) is 1. The molecule has 31 heavy (non-hydrogen) atoms. The van der Waals surface area contributed by atoms with E-state index >= 15 is 0 Å². The number of carbonyl (C=O) groups is 3. The Balaban J connectivity index is 1.42. The first-order valence-electron chi connectivity index (χ1n) is 11.6. The third kappa shape index (κ3) is 6.71. The quantitative estimate of drug-likeness (QED) is 0.697. The monoisotopic (exact) mass is 429 g/mol. The molecule has 1 aromatic rings. The van der Waals surface area contributed by atoms with Crippen LogP contribution in [0.1, 0.15) is 75.6 Å². The van der Waals surface area contributed by atoms with Gasteiger partial charge < -0.3 is 20.3 Å². The molecule has 170 valence electrons. The summed E-state index contributed by atoms with van der Waals surface area (Å²) in [4.78, 5) is 38.8. The Hall–Kier alpha value is -2.57. The van der Waals surface area contributed by atoms with Gasteiger partial charge in [-0.3, -0.25) is 14.4 Å². The van der Waals surface area contributed by atoms with Gasteiger partial charge in [-0.15, -0.1) is 0 Å². The molecular formula is C24H35N3O4. The fraction of sp³-hybridized carbons (Fsp3) is 0.625. The SMILES string of the molecule is CC1CCCC(C)N1C(=O)COc1ccc(C(=O)NCC(=O)NC2CCCCC2)cc1. The Bertz CT molecular complexity index is 749. The molecule has 1 saturated heterocycles. The van der Waals surface area contributed by atoms with Crippen LogP contribution in [-0.2, 0) is 9.59 Å². The van der Waals surface area contributed by atoms with Gasteiger partial charge in [0.2, 0.25) is 5.91 Å². The van der Waals surface area contributed by atoms with Crippen molar-refractivity contribution in [1.82, 2.24) is 15.5 Å². The van der Waals surface area contributed by atoms with Crippen LogP contribution in [0.25, 0.3) is 0 Å². The van der Waals surface area contributed by atoms with Gasteiger partial charge in [0, 0.05) is 23.7 Å². The number of hydrogen-bond acceptors (Lipinski definition) is 4. The van der Waals surface area contributed by atoms with E-state index in [1.165, 1.54) is 6.42 Å². The number of benzene rings is 1. The summed E-state index contributed by atoms with van der Waals surface area (Å²) in [6, 6.07) is 7.33. The minimum absolute atomic E-state index is 0.00880. The van der Waals surface area contributed by atoms with Crippen LogP contribution in [0.3, 0.4) is 0 Å². The molecule has 0 radical (unpaired) electrons. The summed E-state index contributed by atoms with van der Waals surface area (Å²) in [6.45, 7) is 4.11. The zero-order chi connectivity index (χ0) is 22.2. The number of carbonyl (C=O) groups excluding carboxylic acids is 3. The normalized spacial score (nSPS) is 21.9. The van der Waals surface area contributed by atoms with Gasteiger partial charge >= 0.3 is 0 Å². The van der Waals surface area contributed by atoms with E-state index in [0.717, 1.165) is 44.9 Å². The molecule has 3 rings (SSSR count). The van der Waals surface area contributed by atoms with Gasteiger partial charge in [0.05, 0.1) is 6.54 Å². The molecule has 7 heteroatoms. The number of nitrogens with zero attached hydrogens (tertiary/aromatic N) is 1.